The number of aromatic nitrogens is 14. The van der Waals surface area contributed by atoms with Gasteiger partial charge in [0.1, 0.15) is 0 Å². The maximum absolute atomic E-state index is 10.1. The van der Waals surface area contributed by atoms with E-state index in [1.165, 1.54) is 32.4 Å². The molecule has 130 heavy (non-hydrogen) atoms. The third-order valence-corrected chi connectivity index (χ3v) is 24.2. The molecule has 25 aromatic rings. The van der Waals surface area contributed by atoms with E-state index >= 15 is 0 Å². The van der Waals surface area contributed by atoms with Crippen molar-refractivity contribution < 1.29 is 0 Å². The number of hydrogen-bond donors (Lipinski definition) is 0. The Morgan fingerprint density at radius 1 is 0.185 bits per heavy atom. The van der Waals surface area contributed by atoms with E-state index in [2.05, 4.69) is 332 Å². The number of para-hydroxylation sites is 4. The molecule has 15 nitrogen and oxygen atoms in total. The second kappa shape index (κ2) is 33.2. The number of rotatable bonds is 13. The van der Waals surface area contributed by atoms with Gasteiger partial charge in [-0.05, 0) is 226 Å². The number of pyridine rings is 10. The van der Waals surface area contributed by atoms with Crippen LogP contribution >= 0.6 is 0 Å². The minimum Gasteiger partial charge on any atom is -0.309 e. The van der Waals surface area contributed by atoms with E-state index < -0.39 is 0 Å². The highest BCUT2D eigenvalue weighted by Gasteiger charge is 2.22. The molecule has 0 spiro atoms. The Morgan fingerprint density at radius 3 is 0.892 bits per heavy atom. The molecule has 15 heteroatoms. The van der Waals surface area contributed by atoms with E-state index in [4.69, 9.17) is 15.0 Å². The number of fused-ring (bicyclic) bond motifs is 13. The number of nitriles is 1. The summed E-state index contributed by atoms with van der Waals surface area (Å²) in [5.74, 6) is 0. The molecule has 14 heterocycles. The van der Waals surface area contributed by atoms with Crippen LogP contribution in [0.25, 0.3) is 222 Å². The van der Waals surface area contributed by atoms with Gasteiger partial charge in [-0.3, -0.25) is 34.9 Å². The van der Waals surface area contributed by atoms with Gasteiger partial charge in [-0.15, -0.1) is 0 Å². The summed E-state index contributed by atoms with van der Waals surface area (Å²) in [6.45, 7) is 0. The molecule has 608 valence electrons. The van der Waals surface area contributed by atoms with E-state index in [9.17, 15) is 5.26 Å². The fraction of sp³-hybridized carbons (Fsp3) is 0. The van der Waals surface area contributed by atoms with Crippen molar-refractivity contribution in [1.82, 2.24) is 68.1 Å². The van der Waals surface area contributed by atoms with Crippen LogP contribution in [0.3, 0.4) is 0 Å². The van der Waals surface area contributed by atoms with Gasteiger partial charge < -0.3 is 18.3 Å². The lowest BCUT2D eigenvalue weighted by atomic mass is 9.98. The Kier molecular flexibility index (Phi) is 19.6. The Labute approximate surface area is 746 Å². The van der Waals surface area contributed by atoms with Crippen molar-refractivity contribution in [2.45, 2.75) is 0 Å². The minimum atomic E-state index is 0.560. The molecule has 0 fully saturated rings. The van der Waals surface area contributed by atoms with Crippen LogP contribution in [-0.2, 0) is 0 Å². The quantitative estimate of drug-likeness (QED) is 0.108. The Hall–Kier alpha value is -18.1. The van der Waals surface area contributed by atoms with Crippen molar-refractivity contribution in [2.24, 2.45) is 0 Å². The zero-order valence-corrected chi connectivity index (χ0v) is 69.9. The van der Waals surface area contributed by atoms with Gasteiger partial charge >= 0.3 is 0 Å². The first-order chi connectivity index (χ1) is 64.4. The maximum atomic E-state index is 10.1. The third kappa shape index (κ3) is 14.3. The number of hydrogen-bond acceptors (Lipinski definition) is 11. The third-order valence-electron chi connectivity index (χ3n) is 24.2. The summed E-state index contributed by atoms with van der Waals surface area (Å²) in [6.07, 6.45) is 20.5. The lowest BCUT2D eigenvalue weighted by molar-refractivity contribution is 1.17. The SMILES string of the molecule is N#Cc1cc(-c2cc(-c3ccc4ccccc4c3)cc(-c3ccccn3)n2)cc(-n2c3ccccc3c3cnccc32)c1.c1ccc(-c2cc(-c3ccc(-n4c5ccccc5c5cnccc54)cc3)cc(-c3ccc(-n4c5ccccc5c5cnccc54)cc3)n2)nc1.c1ccc(-c2cc(-c3ccc(-n4c5ccccc5c5cnccc54)cc3)cc(-c3ccccn3)n2)cc1. The first kappa shape index (κ1) is 76.7. The van der Waals surface area contributed by atoms with E-state index in [0.717, 1.165) is 190 Å². The van der Waals surface area contributed by atoms with E-state index in [-0.39, 0.29) is 0 Å². The predicted octanol–water partition coefficient (Wildman–Crippen LogP) is 27.4. The van der Waals surface area contributed by atoms with Crippen LogP contribution in [0.4, 0.5) is 0 Å². The first-order valence-electron chi connectivity index (χ1n) is 43.0. The topological polar surface area (TPSA) is 172 Å². The van der Waals surface area contributed by atoms with Crippen molar-refractivity contribution in [2.75, 3.05) is 0 Å². The maximum Gasteiger partial charge on any atom is 0.0992 e. The average molecular weight is 1660 g/mol. The molecule has 25 rings (SSSR count). The minimum absolute atomic E-state index is 0.560. The molecule has 0 radical (unpaired) electrons. The summed E-state index contributed by atoms with van der Waals surface area (Å²) >= 11 is 0. The highest BCUT2D eigenvalue weighted by molar-refractivity contribution is 6.12. The van der Waals surface area contributed by atoms with Gasteiger partial charge in [-0.25, -0.2) is 15.0 Å². The van der Waals surface area contributed by atoms with Crippen LogP contribution in [0.1, 0.15) is 5.56 Å². The number of nitrogens with zero attached hydrogens (tertiary/aromatic N) is 15. The summed E-state index contributed by atoms with van der Waals surface area (Å²) in [5.41, 5.74) is 30.8. The summed E-state index contributed by atoms with van der Waals surface area (Å²) in [6, 6.07) is 132. The smallest absolute Gasteiger partial charge is 0.0992 e. The molecule has 14 aromatic heterocycles. The standard InChI is InChI=1S/C44H28N6.C38H23N5.C33H22N4/c1-3-10-41-34(7-1)36-27-45-23-20-43(36)49(41)32-16-12-29(13-17-32)31-25-39(48-40(26-31)38-9-5-6-22-47-38)30-14-18-33(19-15-30)50-42-11-4-2-8-35(42)37-28-46-24-21-44(37)50;39-23-25-17-30(20-31(18-25)43-37-11-4-3-9-32(37)33-24-40-16-14-38(33)43)35-21-29(22-36(42-35)34-10-5-6-15-41-34)28-13-12-26-7-1-2-8-27(26)19-28;1-2-8-24(9-3-1)30-20-25(21-31(36-30)29-11-6-7-18-35-29)23-13-15-26(16-14-23)37-32-12-5-4-10-27(32)28-22-34-19-17-33(28)37/h1-28H;1-22,24H;1-22H. The monoisotopic (exact) mass is 1660 g/mol. The molecule has 11 aromatic carbocycles. The first-order valence-corrected chi connectivity index (χ1v) is 43.0. The molecule has 0 unspecified atom stereocenters. The van der Waals surface area contributed by atoms with Crippen molar-refractivity contribution in [3.05, 3.63) is 450 Å². The average Bonchev–Trinajstić information content (AvgIpc) is 1.61. The van der Waals surface area contributed by atoms with Crippen LogP contribution in [0.15, 0.2) is 444 Å². The molecular weight excluding hydrogens is 1590 g/mol. The molecule has 0 bridgehead atoms. The summed E-state index contributed by atoms with van der Waals surface area (Å²) < 4.78 is 9.11. The molecule has 0 amide bonds. The van der Waals surface area contributed by atoms with Gasteiger partial charge in [-0.1, -0.05) is 194 Å². The van der Waals surface area contributed by atoms with Gasteiger partial charge in [-0.2, -0.15) is 5.26 Å². The molecule has 0 aliphatic rings. The predicted molar refractivity (Wildman–Crippen MR) is 526 cm³/mol. The second-order valence-electron chi connectivity index (χ2n) is 32.0. The van der Waals surface area contributed by atoms with Crippen molar-refractivity contribution in [1.29, 1.82) is 5.26 Å². The Balaban J connectivity index is 0.000000112. The fourth-order valence-corrected chi connectivity index (χ4v) is 18.2. The zero-order chi connectivity index (χ0) is 86.4. The lowest BCUT2D eigenvalue weighted by Gasteiger charge is -2.13. The molecule has 0 atom stereocenters. The molecule has 0 N–H and O–H groups in total. The molecular formula is C115H73N15. The van der Waals surface area contributed by atoms with Crippen LogP contribution in [0.2, 0.25) is 0 Å². The largest absolute Gasteiger partial charge is 0.309 e. The highest BCUT2D eigenvalue weighted by Crippen LogP contribution is 2.42. The van der Waals surface area contributed by atoms with E-state index in [1.54, 1.807) is 12.4 Å². The van der Waals surface area contributed by atoms with Gasteiger partial charge in [0.2, 0.25) is 0 Å². The lowest BCUT2D eigenvalue weighted by Crippen LogP contribution is -1.98. The Bertz CT molecular complexity index is 8220. The van der Waals surface area contributed by atoms with Gasteiger partial charge in [0.15, 0.2) is 0 Å². The normalized spacial score (nSPS) is 11.4. The van der Waals surface area contributed by atoms with Crippen LogP contribution in [-0.4, -0.2) is 68.1 Å². The summed E-state index contributed by atoms with van der Waals surface area (Å²) in [5, 5.41) is 21.7. The number of benzene rings is 11. The molecule has 0 aliphatic heterocycles. The van der Waals surface area contributed by atoms with Gasteiger partial charge in [0.05, 0.1) is 107 Å². The molecule has 0 saturated heterocycles. The summed E-state index contributed by atoms with van der Waals surface area (Å²) in [7, 11) is 0. The van der Waals surface area contributed by atoms with Crippen LogP contribution < -0.4 is 0 Å². The molecule has 0 aliphatic carbocycles. The molecule has 0 saturated carbocycles. The second-order valence-corrected chi connectivity index (χ2v) is 32.0. The van der Waals surface area contributed by atoms with Crippen molar-refractivity contribution in [3.8, 4) is 130 Å². The Morgan fingerprint density at radius 2 is 0.500 bits per heavy atom. The van der Waals surface area contributed by atoms with Gasteiger partial charge in [0, 0.05) is 151 Å². The van der Waals surface area contributed by atoms with Gasteiger partial charge in [0.25, 0.3) is 0 Å². The van der Waals surface area contributed by atoms with E-state index in [1.807, 2.05) is 159 Å². The zero-order valence-electron chi connectivity index (χ0n) is 69.9. The van der Waals surface area contributed by atoms with Crippen LogP contribution in [0, 0.1) is 11.3 Å². The summed E-state index contributed by atoms with van der Waals surface area (Å²) in [4.78, 5) is 46.5. The van der Waals surface area contributed by atoms with E-state index in [0.29, 0.717) is 5.56 Å². The van der Waals surface area contributed by atoms with Crippen LogP contribution in [0.5, 0.6) is 0 Å². The fourth-order valence-electron chi connectivity index (χ4n) is 18.2. The van der Waals surface area contributed by atoms with Crippen molar-refractivity contribution in [3.63, 3.8) is 0 Å². The highest BCUT2D eigenvalue weighted by atomic mass is 15.0. The van der Waals surface area contributed by atoms with Crippen molar-refractivity contribution >= 4 is 98.0 Å².